The summed E-state index contributed by atoms with van der Waals surface area (Å²) in [5, 5.41) is 0. The third kappa shape index (κ3) is 3.34. The van der Waals surface area contributed by atoms with Gasteiger partial charge in [-0.15, -0.1) is 0 Å². The molecular formula is C17H22OSi. The predicted octanol–water partition coefficient (Wildman–Crippen LogP) is 3.22. The van der Waals surface area contributed by atoms with Crippen molar-refractivity contribution in [3.05, 3.63) is 71.8 Å². The Kier molecular flexibility index (Phi) is 4.94. The average molecular weight is 270 g/mol. The minimum atomic E-state index is -0.149. The molecule has 0 fully saturated rings. The molecule has 100 valence electrons. The first kappa shape index (κ1) is 14.0. The van der Waals surface area contributed by atoms with Crippen molar-refractivity contribution in [3.8, 4) is 0 Å². The molecule has 0 aromatic heterocycles. The molecule has 0 bridgehead atoms. The summed E-state index contributed by atoms with van der Waals surface area (Å²) in [5.41, 5.74) is 2.50. The Bertz CT molecular complexity index is 483. The van der Waals surface area contributed by atoms with Crippen molar-refractivity contribution in [1.29, 1.82) is 0 Å². The smallest absolute Gasteiger partial charge is 0.147 e. The minimum Gasteiger partial charge on any atom is -0.418 e. The first-order valence-electron chi connectivity index (χ1n) is 6.95. The second kappa shape index (κ2) is 6.69. The highest BCUT2D eigenvalue weighted by molar-refractivity contribution is 5.98. The largest absolute Gasteiger partial charge is 0.418 e. The van der Waals surface area contributed by atoms with Crippen molar-refractivity contribution < 1.29 is 4.43 Å². The summed E-state index contributed by atoms with van der Waals surface area (Å²) in [5.74, 6) is 0. The minimum absolute atomic E-state index is 0.149. The highest BCUT2D eigenvalue weighted by atomic mass is 28.2. The van der Waals surface area contributed by atoms with E-state index in [0.717, 1.165) is 29.7 Å². The number of rotatable bonds is 6. The quantitative estimate of drug-likeness (QED) is 0.732. The van der Waals surface area contributed by atoms with Crippen molar-refractivity contribution in [1.82, 2.24) is 0 Å². The van der Waals surface area contributed by atoms with Crippen LogP contribution in [-0.4, -0.2) is 10.5 Å². The van der Waals surface area contributed by atoms with Gasteiger partial charge < -0.3 is 4.43 Å². The normalized spacial score (nSPS) is 14.2. The van der Waals surface area contributed by atoms with Crippen LogP contribution in [0.15, 0.2) is 60.7 Å². The van der Waals surface area contributed by atoms with Crippen LogP contribution in [0.2, 0.25) is 0 Å². The number of benzene rings is 2. The van der Waals surface area contributed by atoms with Crippen LogP contribution in [0.1, 0.15) is 30.9 Å². The van der Waals surface area contributed by atoms with Crippen LogP contribution in [0.3, 0.4) is 0 Å². The van der Waals surface area contributed by atoms with Gasteiger partial charge in [0.15, 0.2) is 0 Å². The zero-order valence-corrected chi connectivity index (χ0v) is 13.8. The molecule has 0 saturated carbocycles. The molecular weight excluding hydrogens is 248 g/mol. The standard InChI is InChI=1S/C17H22OSi/c1-2-13-17(18-19,16-11-7-4-8-12-16)14-15-9-5-3-6-10-15/h3-12H,2,13-14H2,1,19H3. The molecule has 2 aromatic carbocycles. The van der Waals surface area contributed by atoms with Gasteiger partial charge >= 0.3 is 0 Å². The Morgan fingerprint density at radius 3 is 2.05 bits per heavy atom. The van der Waals surface area contributed by atoms with E-state index in [1.165, 1.54) is 11.1 Å². The summed E-state index contributed by atoms with van der Waals surface area (Å²) in [4.78, 5) is 0. The van der Waals surface area contributed by atoms with E-state index in [1.54, 1.807) is 0 Å². The maximum Gasteiger partial charge on any atom is 0.147 e. The number of hydrogen-bond acceptors (Lipinski definition) is 1. The van der Waals surface area contributed by atoms with Crippen LogP contribution >= 0.6 is 0 Å². The van der Waals surface area contributed by atoms with Crippen LogP contribution in [0.5, 0.6) is 0 Å². The number of hydrogen-bond donors (Lipinski definition) is 0. The molecule has 2 heteroatoms. The molecule has 0 spiro atoms. The van der Waals surface area contributed by atoms with Crippen molar-refractivity contribution in [2.45, 2.75) is 31.8 Å². The molecule has 0 aliphatic carbocycles. The maximum atomic E-state index is 6.11. The lowest BCUT2D eigenvalue weighted by atomic mass is 9.84. The first-order valence-corrected chi connectivity index (χ1v) is 7.77. The lowest BCUT2D eigenvalue weighted by molar-refractivity contribution is 0.0666. The third-order valence-electron chi connectivity index (χ3n) is 3.68. The second-order valence-electron chi connectivity index (χ2n) is 4.98. The van der Waals surface area contributed by atoms with Gasteiger partial charge in [0.05, 0.1) is 5.60 Å². The van der Waals surface area contributed by atoms with Crippen LogP contribution in [0, 0.1) is 0 Å². The van der Waals surface area contributed by atoms with E-state index in [4.69, 9.17) is 4.43 Å². The summed E-state index contributed by atoms with van der Waals surface area (Å²) < 4.78 is 6.11. The topological polar surface area (TPSA) is 9.23 Å². The van der Waals surface area contributed by atoms with Gasteiger partial charge in [-0.1, -0.05) is 74.0 Å². The van der Waals surface area contributed by atoms with Gasteiger partial charge in [-0.05, 0) is 17.5 Å². The van der Waals surface area contributed by atoms with E-state index >= 15 is 0 Å². The summed E-state index contributed by atoms with van der Waals surface area (Å²) in [6.45, 7) is 2.23. The van der Waals surface area contributed by atoms with Gasteiger partial charge in [-0.2, -0.15) is 0 Å². The molecule has 1 unspecified atom stereocenters. The molecule has 0 N–H and O–H groups in total. The molecule has 19 heavy (non-hydrogen) atoms. The lowest BCUT2D eigenvalue weighted by Crippen LogP contribution is -2.31. The molecule has 0 saturated heterocycles. The van der Waals surface area contributed by atoms with Crippen molar-refractivity contribution >= 4 is 10.5 Å². The molecule has 0 aliphatic heterocycles. The van der Waals surface area contributed by atoms with E-state index in [1.807, 2.05) is 0 Å². The Hall–Kier alpha value is -1.38. The van der Waals surface area contributed by atoms with Gasteiger partial charge in [0.2, 0.25) is 0 Å². The molecule has 0 radical (unpaired) electrons. The van der Waals surface area contributed by atoms with Gasteiger partial charge in [0, 0.05) is 6.42 Å². The van der Waals surface area contributed by atoms with Gasteiger partial charge in [-0.25, -0.2) is 0 Å². The lowest BCUT2D eigenvalue weighted by Gasteiger charge is -2.34. The molecule has 2 aromatic rings. The summed E-state index contributed by atoms with van der Waals surface area (Å²) in [6.07, 6.45) is 3.15. The van der Waals surface area contributed by atoms with Crippen LogP contribution < -0.4 is 0 Å². The van der Waals surface area contributed by atoms with E-state index in [0.29, 0.717) is 0 Å². The molecule has 0 heterocycles. The van der Waals surface area contributed by atoms with Crippen molar-refractivity contribution in [2.75, 3.05) is 0 Å². The van der Waals surface area contributed by atoms with E-state index < -0.39 is 0 Å². The van der Waals surface area contributed by atoms with Crippen LogP contribution in [0.25, 0.3) is 0 Å². The first-order chi connectivity index (χ1) is 9.30. The Morgan fingerprint density at radius 1 is 0.947 bits per heavy atom. The zero-order chi connectivity index (χ0) is 13.6. The van der Waals surface area contributed by atoms with E-state index in [2.05, 4.69) is 67.6 Å². The summed E-state index contributed by atoms with van der Waals surface area (Å²) in [6, 6.07) is 21.3. The van der Waals surface area contributed by atoms with E-state index in [-0.39, 0.29) is 5.60 Å². The van der Waals surface area contributed by atoms with E-state index in [9.17, 15) is 0 Å². The molecule has 0 aliphatic rings. The third-order valence-corrected chi connectivity index (χ3v) is 4.46. The Morgan fingerprint density at radius 2 is 1.53 bits per heavy atom. The fraction of sp³-hybridized carbons (Fsp3) is 0.294. The molecule has 1 atom stereocenters. The zero-order valence-electron chi connectivity index (χ0n) is 11.8. The SMILES string of the molecule is CCCC(Cc1ccccc1)(O[SiH3])c1ccccc1. The second-order valence-corrected chi connectivity index (χ2v) is 5.39. The van der Waals surface area contributed by atoms with Gasteiger partial charge in [-0.3, -0.25) is 0 Å². The predicted molar refractivity (Wildman–Crippen MR) is 84.2 cm³/mol. The van der Waals surface area contributed by atoms with Crippen LogP contribution in [0.4, 0.5) is 0 Å². The van der Waals surface area contributed by atoms with Gasteiger partial charge in [0.1, 0.15) is 10.5 Å². The molecule has 2 rings (SSSR count). The monoisotopic (exact) mass is 270 g/mol. The highest BCUT2D eigenvalue weighted by Gasteiger charge is 2.30. The highest BCUT2D eigenvalue weighted by Crippen LogP contribution is 2.33. The summed E-state index contributed by atoms with van der Waals surface area (Å²) in [7, 11) is 0.756. The average Bonchev–Trinajstić information content (AvgIpc) is 2.49. The molecule has 0 amide bonds. The van der Waals surface area contributed by atoms with Crippen molar-refractivity contribution in [2.24, 2.45) is 0 Å². The Labute approximate surface area is 119 Å². The molecule has 1 nitrogen and oxygen atoms in total. The maximum absolute atomic E-state index is 6.11. The van der Waals surface area contributed by atoms with Crippen molar-refractivity contribution in [3.63, 3.8) is 0 Å². The fourth-order valence-electron chi connectivity index (χ4n) is 2.70. The van der Waals surface area contributed by atoms with Crippen LogP contribution in [-0.2, 0) is 16.4 Å². The fourth-order valence-corrected chi connectivity index (χ4v) is 3.28. The summed E-state index contributed by atoms with van der Waals surface area (Å²) >= 11 is 0. The van der Waals surface area contributed by atoms with Gasteiger partial charge in [0.25, 0.3) is 0 Å². The Balaban J connectivity index is 2.34.